The highest BCUT2D eigenvalue weighted by Crippen LogP contribution is 2.24. The number of hydrogen-bond acceptors (Lipinski definition) is 4. The predicted octanol–water partition coefficient (Wildman–Crippen LogP) is 2.80. The molecule has 1 aromatic carbocycles. The highest BCUT2D eigenvalue weighted by Gasteiger charge is 2.07. The van der Waals surface area contributed by atoms with Gasteiger partial charge in [0.05, 0.1) is 5.69 Å². The number of benzene rings is 1. The summed E-state index contributed by atoms with van der Waals surface area (Å²) in [6, 6.07) is 5.99. The molecule has 0 radical (unpaired) electrons. The Hall–Kier alpha value is -1.81. The first-order valence-corrected chi connectivity index (χ1v) is 5.53. The average molecular weight is 232 g/mol. The molecule has 0 atom stereocenters. The summed E-state index contributed by atoms with van der Waals surface area (Å²) in [5.41, 5.74) is 3.10. The third kappa shape index (κ3) is 2.85. The molecule has 0 saturated carbocycles. The largest absolute Gasteiger partial charge is 0.417 e. The van der Waals surface area contributed by atoms with Gasteiger partial charge in [0.15, 0.2) is 0 Å². The van der Waals surface area contributed by atoms with Crippen molar-refractivity contribution >= 4 is 0 Å². The number of nitrogens with zero attached hydrogens (tertiary/aromatic N) is 1. The van der Waals surface area contributed by atoms with Crippen LogP contribution in [0.2, 0.25) is 0 Å². The number of rotatable bonds is 4. The van der Waals surface area contributed by atoms with E-state index in [2.05, 4.69) is 16.4 Å². The molecule has 1 N–H and O–H groups in total. The molecule has 2 aromatic rings. The van der Waals surface area contributed by atoms with Crippen molar-refractivity contribution in [3.8, 4) is 11.8 Å². The molecule has 0 amide bonds. The first-order valence-electron chi connectivity index (χ1n) is 5.53. The van der Waals surface area contributed by atoms with Crippen molar-refractivity contribution in [2.45, 2.75) is 20.4 Å². The lowest BCUT2D eigenvalue weighted by Crippen LogP contribution is -2.04. The zero-order chi connectivity index (χ0) is 12.3. The van der Waals surface area contributed by atoms with Gasteiger partial charge in [0.1, 0.15) is 12.0 Å². The van der Waals surface area contributed by atoms with Crippen LogP contribution >= 0.6 is 0 Å². The Labute approximate surface area is 101 Å². The second kappa shape index (κ2) is 5.01. The smallest absolute Gasteiger partial charge is 0.399 e. The van der Waals surface area contributed by atoms with Crippen LogP contribution in [0, 0.1) is 13.8 Å². The lowest BCUT2D eigenvalue weighted by molar-refractivity contribution is 0.329. The molecule has 0 unspecified atom stereocenters. The van der Waals surface area contributed by atoms with Crippen LogP contribution in [0.15, 0.2) is 28.9 Å². The van der Waals surface area contributed by atoms with Gasteiger partial charge < -0.3 is 14.5 Å². The number of aryl methyl sites for hydroxylation is 2. The SMILES string of the molecule is CNCc1coc(Oc2ccc(C)cc2C)n1. The van der Waals surface area contributed by atoms with Crippen molar-refractivity contribution in [2.24, 2.45) is 0 Å². The topological polar surface area (TPSA) is 47.3 Å². The summed E-state index contributed by atoms with van der Waals surface area (Å²) in [5.74, 6) is 0.772. The van der Waals surface area contributed by atoms with Crippen molar-refractivity contribution in [3.63, 3.8) is 0 Å². The van der Waals surface area contributed by atoms with Gasteiger partial charge >= 0.3 is 6.08 Å². The fourth-order valence-electron chi connectivity index (χ4n) is 1.61. The quantitative estimate of drug-likeness (QED) is 0.880. The monoisotopic (exact) mass is 232 g/mol. The van der Waals surface area contributed by atoms with Crippen molar-refractivity contribution in [3.05, 3.63) is 41.3 Å². The van der Waals surface area contributed by atoms with Crippen molar-refractivity contribution in [2.75, 3.05) is 7.05 Å². The number of nitrogens with one attached hydrogen (secondary N) is 1. The minimum atomic E-state index is 0.280. The minimum absolute atomic E-state index is 0.280. The summed E-state index contributed by atoms with van der Waals surface area (Å²) in [7, 11) is 1.86. The maximum absolute atomic E-state index is 5.59. The van der Waals surface area contributed by atoms with Crippen LogP contribution in [0.25, 0.3) is 0 Å². The van der Waals surface area contributed by atoms with Gasteiger partial charge in [-0.25, -0.2) is 0 Å². The third-order valence-corrected chi connectivity index (χ3v) is 2.42. The summed E-state index contributed by atoms with van der Waals surface area (Å²) in [6.45, 7) is 4.71. The lowest BCUT2D eigenvalue weighted by Gasteiger charge is -2.05. The van der Waals surface area contributed by atoms with Crippen LogP contribution in [0.5, 0.6) is 11.8 Å². The van der Waals surface area contributed by atoms with E-state index in [1.54, 1.807) is 6.26 Å². The van der Waals surface area contributed by atoms with E-state index in [0.717, 1.165) is 17.0 Å². The molecule has 4 nitrogen and oxygen atoms in total. The first kappa shape index (κ1) is 11.7. The first-order chi connectivity index (χ1) is 8.19. The molecule has 2 rings (SSSR count). The number of aromatic nitrogens is 1. The molecule has 0 saturated heterocycles. The Morgan fingerprint density at radius 3 is 2.88 bits per heavy atom. The Morgan fingerprint density at radius 2 is 2.18 bits per heavy atom. The van der Waals surface area contributed by atoms with Gasteiger partial charge in [-0.1, -0.05) is 17.7 Å². The molecule has 0 bridgehead atoms. The Morgan fingerprint density at radius 1 is 1.35 bits per heavy atom. The molecule has 0 spiro atoms. The van der Waals surface area contributed by atoms with Gasteiger partial charge in [0, 0.05) is 6.54 Å². The lowest BCUT2D eigenvalue weighted by atomic mass is 10.1. The van der Waals surface area contributed by atoms with Crippen molar-refractivity contribution in [1.29, 1.82) is 0 Å². The zero-order valence-corrected chi connectivity index (χ0v) is 10.3. The van der Waals surface area contributed by atoms with E-state index in [1.165, 1.54) is 5.56 Å². The maximum Gasteiger partial charge on any atom is 0.399 e. The summed E-state index contributed by atoms with van der Waals surface area (Å²) < 4.78 is 10.8. The van der Waals surface area contributed by atoms with Crippen LogP contribution in [0.3, 0.4) is 0 Å². The molecule has 0 aliphatic heterocycles. The van der Waals surface area contributed by atoms with Gasteiger partial charge in [-0.3, -0.25) is 0 Å². The van der Waals surface area contributed by atoms with Crippen molar-refractivity contribution in [1.82, 2.24) is 10.3 Å². The molecule has 1 aromatic heterocycles. The van der Waals surface area contributed by atoms with E-state index < -0.39 is 0 Å². The average Bonchev–Trinajstić information content (AvgIpc) is 2.71. The minimum Gasteiger partial charge on any atom is -0.417 e. The van der Waals surface area contributed by atoms with Gasteiger partial charge in [-0.15, -0.1) is 0 Å². The van der Waals surface area contributed by atoms with E-state index in [1.807, 2.05) is 33.0 Å². The van der Waals surface area contributed by atoms with Crippen molar-refractivity contribution < 1.29 is 9.15 Å². The van der Waals surface area contributed by atoms with E-state index in [9.17, 15) is 0 Å². The molecule has 0 fully saturated rings. The summed E-state index contributed by atoms with van der Waals surface area (Å²) in [6.07, 6.45) is 1.87. The van der Waals surface area contributed by atoms with Gasteiger partial charge in [-0.05, 0) is 32.5 Å². The molecule has 4 heteroatoms. The molecular formula is C13H16N2O2. The van der Waals surface area contributed by atoms with Crippen LogP contribution in [-0.2, 0) is 6.54 Å². The molecular weight excluding hydrogens is 216 g/mol. The highest BCUT2D eigenvalue weighted by molar-refractivity contribution is 5.36. The fourth-order valence-corrected chi connectivity index (χ4v) is 1.61. The van der Waals surface area contributed by atoms with Crippen LogP contribution in [0.4, 0.5) is 0 Å². The molecule has 0 aliphatic rings. The summed E-state index contributed by atoms with van der Waals surface area (Å²) in [4.78, 5) is 4.21. The van der Waals surface area contributed by atoms with Crippen LogP contribution in [0.1, 0.15) is 16.8 Å². The fraction of sp³-hybridized carbons (Fsp3) is 0.308. The Bertz CT molecular complexity index is 506. The maximum atomic E-state index is 5.59. The molecule has 0 aliphatic carbocycles. The summed E-state index contributed by atoms with van der Waals surface area (Å²) in [5, 5.41) is 3.00. The Balaban J connectivity index is 2.13. The van der Waals surface area contributed by atoms with E-state index in [4.69, 9.17) is 9.15 Å². The number of hydrogen-bond donors (Lipinski definition) is 1. The number of ether oxygens (including phenoxy) is 1. The van der Waals surface area contributed by atoms with E-state index in [-0.39, 0.29) is 6.08 Å². The van der Waals surface area contributed by atoms with E-state index >= 15 is 0 Å². The molecule has 17 heavy (non-hydrogen) atoms. The second-order valence-electron chi connectivity index (χ2n) is 4.01. The van der Waals surface area contributed by atoms with Crippen LogP contribution in [-0.4, -0.2) is 12.0 Å². The van der Waals surface area contributed by atoms with Gasteiger partial charge in [0.25, 0.3) is 0 Å². The second-order valence-corrected chi connectivity index (χ2v) is 4.01. The van der Waals surface area contributed by atoms with Gasteiger partial charge in [0.2, 0.25) is 0 Å². The Kier molecular flexibility index (Phi) is 3.44. The molecule has 1 heterocycles. The third-order valence-electron chi connectivity index (χ3n) is 2.42. The molecule has 90 valence electrons. The standard InChI is InChI=1S/C13H16N2O2/c1-9-4-5-12(10(2)6-9)17-13-15-11(7-14-3)8-16-13/h4-6,8,14H,7H2,1-3H3. The van der Waals surface area contributed by atoms with Gasteiger partial charge in [-0.2, -0.15) is 4.98 Å². The zero-order valence-electron chi connectivity index (χ0n) is 10.3. The number of oxazole rings is 1. The summed E-state index contributed by atoms with van der Waals surface area (Å²) >= 11 is 0. The van der Waals surface area contributed by atoms with E-state index in [0.29, 0.717) is 6.54 Å². The normalized spacial score (nSPS) is 10.5. The van der Waals surface area contributed by atoms with Crippen LogP contribution < -0.4 is 10.1 Å². The predicted molar refractivity (Wildman–Crippen MR) is 65.3 cm³/mol. The highest BCUT2D eigenvalue weighted by atomic mass is 16.6.